The second-order valence-corrected chi connectivity index (χ2v) is 3.22. The van der Waals surface area contributed by atoms with E-state index >= 15 is 0 Å². The summed E-state index contributed by atoms with van der Waals surface area (Å²) < 4.78 is 20.0. The van der Waals surface area contributed by atoms with Gasteiger partial charge in [0, 0.05) is 4.91 Å². The molecule has 0 fully saturated rings. The minimum atomic E-state index is -0.679. The molecule has 0 aliphatic carbocycles. The van der Waals surface area contributed by atoms with Gasteiger partial charge in [-0.1, -0.05) is 5.11 Å². The topological polar surface area (TPSA) is 103 Å². The summed E-state index contributed by atoms with van der Waals surface area (Å²) in [7, 11) is 5.38. The van der Waals surface area contributed by atoms with Gasteiger partial charge in [-0.25, -0.2) is 4.79 Å². The molecule has 0 aliphatic heterocycles. The predicted molar refractivity (Wildman–Crippen MR) is 66.2 cm³/mol. The second-order valence-electron chi connectivity index (χ2n) is 3.22. The highest BCUT2D eigenvalue weighted by molar-refractivity contribution is 5.98. The van der Waals surface area contributed by atoms with Crippen LogP contribution in [0.15, 0.2) is 11.2 Å². The molecule has 0 radical (unpaired) electrons. The van der Waals surface area contributed by atoms with E-state index in [0.717, 1.165) is 0 Å². The highest BCUT2D eigenvalue weighted by Crippen LogP contribution is 2.46. The molecule has 1 aromatic rings. The van der Waals surface area contributed by atoms with E-state index in [4.69, 9.17) is 19.7 Å². The Morgan fingerprint density at radius 1 is 1.16 bits per heavy atom. The van der Waals surface area contributed by atoms with Gasteiger partial charge >= 0.3 is 5.97 Å². The van der Waals surface area contributed by atoms with Crippen LogP contribution in [0.3, 0.4) is 0 Å². The number of azide groups is 1. The monoisotopic (exact) mass is 267 g/mol. The first-order valence-electron chi connectivity index (χ1n) is 5.10. The number of ether oxygens (including phenoxy) is 4. The molecular formula is C11H13N3O5. The minimum Gasteiger partial charge on any atom is -0.493 e. The average molecular weight is 267 g/mol. The van der Waals surface area contributed by atoms with Gasteiger partial charge in [0.15, 0.2) is 11.5 Å². The lowest BCUT2D eigenvalue weighted by atomic mass is 10.1. The normalized spacial score (nSPS) is 9.26. The number of benzene rings is 1. The SMILES string of the molecule is COC(=O)c1cc(OC)c(OC)c(OC)c1N=[N+]=[N-]. The van der Waals surface area contributed by atoms with Gasteiger partial charge in [0.25, 0.3) is 0 Å². The Hall–Kier alpha value is -2.60. The van der Waals surface area contributed by atoms with Crippen LogP contribution in [0.25, 0.3) is 10.4 Å². The zero-order valence-corrected chi connectivity index (χ0v) is 11.0. The van der Waals surface area contributed by atoms with Crippen molar-refractivity contribution in [1.29, 1.82) is 0 Å². The maximum absolute atomic E-state index is 11.7. The molecule has 0 unspecified atom stereocenters. The van der Waals surface area contributed by atoms with Crippen molar-refractivity contribution in [3.63, 3.8) is 0 Å². The van der Waals surface area contributed by atoms with E-state index in [1.165, 1.54) is 34.5 Å². The standard InChI is InChI=1S/C11H13N3O5/c1-16-7-5-6(11(15)19-4)8(13-14-12)10(18-3)9(7)17-2/h5H,1-4H3. The van der Waals surface area contributed by atoms with Crippen molar-refractivity contribution < 1.29 is 23.7 Å². The van der Waals surface area contributed by atoms with Crippen LogP contribution >= 0.6 is 0 Å². The lowest BCUT2D eigenvalue weighted by Gasteiger charge is -2.16. The number of hydrogen-bond acceptors (Lipinski definition) is 6. The molecule has 0 N–H and O–H groups in total. The first-order chi connectivity index (χ1) is 9.14. The predicted octanol–water partition coefficient (Wildman–Crippen LogP) is 2.44. The number of hydrogen-bond donors (Lipinski definition) is 0. The minimum absolute atomic E-state index is 0.0190. The molecule has 0 aliphatic rings. The number of carbonyl (C=O) groups excluding carboxylic acids is 1. The van der Waals surface area contributed by atoms with Crippen LogP contribution in [-0.4, -0.2) is 34.4 Å². The van der Waals surface area contributed by atoms with Gasteiger partial charge in [-0.2, -0.15) is 0 Å². The summed E-state index contributed by atoms with van der Waals surface area (Å²) in [5, 5.41) is 3.45. The molecule has 1 rings (SSSR count). The number of methoxy groups -OCH3 is 4. The van der Waals surface area contributed by atoms with Crippen LogP contribution in [0.2, 0.25) is 0 Å². The first-order valence-corrected chi connectivity index (χ1v) is 5.10. The van der Waals surface area contributed by atoms with Crippen LogP contribution in [0, 0.1) is 0 Å². The van der Waals surface area contributed by atoms with Crippen LogP contribution < -0.4 is 14.2 Å². The summed E-state index contributed by atoms with van der Waals surface area (Å²) in [5.41, 5.74) is 8.59. The van der Waals surface area contributed by atoms with Crippen molar-refractivity contribution in [2.45, 2.75) is 0 Å². The molecule has 0 atom stereocenters. The molecule has 0 bridgehead atoms. The average Bonchev–Trinajstić information content (AvgIpc) is 2.45. The van der Waals surface area contributed by atoms with Crippen LogP contribution in [-0.2, 0) is 4.74 Å². The molecule has 19 heavy (non-hydrogen) atoms. The van der Waals surface area contributed by atoms with E-state index in [0.29, 0.717) is 0 Å². The van der Waals surface area contributed by atoms with E-state index in [9.17, 15) is 4.79 Å². The summed E-state index contributed by atoms with van der Waals surface area (Å²) in [4.78, 5) is 14.4. The Morgan fingerprint density at radius 3 is 2.21 bits per heavy atom. The van der Waals surface area contributed by atoms with Crippen molar-refractivity contribution in [3.05, 3.63) is 22.1 Å². The first kappa shape index (κ1) is 14.5. The van der Waals surface area contributed by atoms with Gasteiger partial charge in [-0.05, 0) is 11.6 Å². The fourth-order valence-electron chi connectivity index (χ4n) is 1.55. The summed E-state index contributed by atoms with van der Waals surface area (Å²) in [6.07, 6.45) is 0. The van der Waals surface area contributed by atoms with Gasteiger partial charge < -0.3 is 18.9 Å². The maximum Gasteiger partial charge on any atom is 0.338 e. The molecule has 0 amide bonds. The van der Waals surface area contributed by atoms with E-state index < -0.39 is 5.97 Å². The van der Waals surface area contributed by atoms with E-state index in [1.54, 1.807) is 0 Å². The van der Waals surface area contributed by atoms with Gasteiger partial charge in [-0.15, -0.1) is 0 Å². The van der Waals surface area contributed by atoms with Crippen LogP contribution in [0.1, 0.15) is 10.4 Å². The fraction of sp³-hybridized carbons (Fsp3) is 0.364. The summed E-state index contributed by atoms with van der Waals surface area (Å²) in [5.74, 6) is -0.0987. The van der Waals surface area contributed by atoms with Gasteiger partial charge in [-0.3, -0.25) is 0 Å². The van der Waals surface area contributed by atoms with Crippen LogP contribution in [0.5, 0.6) is 17.2 Å². The molecule has 0 saturated heterocycles. The Morgan fingerprint density at radius 2 is 1.79 bits per heavy atom. The molecule has 0 saturated carbocycles. The number of nitrogens with zero attached hydrogens (tertiary/aromatic N) is 3. The van der Waals surface area contributed by atoms with Crippen LogP contribution in [0.4, 0.5) is 5.69 Å². The van der Waals surface area contributed by atoms with Crippen molar-refractivity contribution in [2.75, 3.05) is 28.4 Å². The van der Waals surface area contributed by atoms with Gasteiger partial charge in [0.2, 0.25) is 5.75 Å². The third-order valence-corrected chi connectivity index (χ3v) is 2.35. The highest BCUT2D eigenvalue weighted by Gasteiger charge is 2.23. The molecule has 0 spiro atoms. The molecule has 1 aromatic carbocycles. The quantitative estimate of drug-likeness (QED) is 0.353. The Bertz CT molecular complexity index is 538. The third kappa shape index (κ3) is 2.63. The summed E-state index contributed by atoms with van der Waals surface area (Å²) in [6, 6.07) is 1.36. The lowest BCUT2D eigenvalue weighted by Crippen LogP contribution is -2.05. The van der Waals surface area contributed by atoms with Gasteiger partial charge in [0.1, 0.15) is 0 Å². The fourth-order valence-corrected chi connectivity index (χ4v) is 1.55. The van der Waals surface area contributed by atoms with E-state index in [2.05, 4.69) is 14.8 Å². The lowest BCUT2D eigenvalue weighted by molar-refractivity contribution is 0.0601. The number of esters is 1. The summed E-state index contributed by atoms with van der Waals surface area (Å²) in [6.45, 7) is 0. The maximum atomic E-state index is 11.7. The van der Waals surface area contributed by atoms with Crippen molar-refractivity contribution >= 4 is 11.7 Å². The smallest absolute Gasteiger partial charge is 0.338 e. The molecule has 0 heterocycles. The zero-order valence-electron chi connectivity index (χ0n) is 11.0. The molecule has 0 aromatic heterocycles. The van der Waals surface area contributed by atoms with E-state index in [-0.39, 0.29) is 28.5 Å². The zero-order chi connectivity index (χ0) is 14.4. The molecule has 8 heteroatoms. The summed E-state index contributed by atoms with van der Waals surface area (Å²) >= 11 is 0. The highest BCUT2D eigenvalue weighted by atomic mass is 16.5. The van der Waals surface area contributed by atoms with E-state index in [1.807, 2.05) is 0 Å². The Kier molecular flexibility index (Phi) is 4.84. The Labute approximate surface area is 109 Å². The number of carbonyl (C=O) groups is 1. The molecule has 8 nitrogen and oxygen atoms in total. The Balaban J connectivity index is 3.72. The molecule has 102 valence electrons. The molecular weight excluding hydrogens is 254 g/mol. The van der Waals surface area contributed by atoms with Crippen molar-refractivity contribution in [3.8, 4) is 17.2 Å². The largest absolute Gasteiger partial charge is 0.493 e. The second kappa shape index (κ2) is 6.36. The third-order valence-electron chi connectivity index (χ3n) is 2.35. The van der Waals surface area contributed by atoms with Crippen molar-refractivity contribution in [1.82, 2.24) is 0 Å². The number of rotatable bonds is 5. The van der Waals surface area contributed by atoms with Gasteiger partial charge in [0.05, 0.1) is 39.7 Å². The van der Waals surface area contributed by atoms with Crippen molar-refractivity contribution in [2.24, 2.45) is 5.11 Å².